The molecule has 0 unspecified atom stereocenters. The molecule has 4 rings (SSSR count). The number of fused-ring (bicyclic) bond motifs is 2. The molecule has 1 heterocycles. The largest absolute Gasteiger partial charge is 0.506 e. The van der Waals surface area contributed by atoms with E-state index in [1.807, 2.05) is 0 Å². The lowest BCUT2D eigenvalue weighted by atomic mass is 9.97. The van der Waals surface area contributed by atoms with E-state index in [2.05, 4.69) is 36.3 Å². The lowest BCUT2D eigenvalue weighted by Gasteiger charge is -2.18. The summed E-state index contributed by atoms with van der Waals surface area (Å²) < 4.78 is 0. The minimum Gasteiger partial charge on any atom is -0.506 e. The van der Waals surface area contributed by atoms with Gasteiger partial charge in [-0.3, -0.25) is 4.79 Å². The Kier molecular flexibility index (Phi) is 9.21. The van der Waals surface area contributed by atoms with E-state index in [0.29, 0.717) is 41.2 Å². The van der Waals surface area contributed by atoms with Crippen LogP contribution in [0.15, 0.2) is 53.3 Å². The highest BCUT2D eigenvalue weighted by Crippen LogP contribution is 2.30. The third-order valence-corrected chi connectivity index (χ3v) is 6.45. The Morgan fingerprint density at radius 2 is 1.57 bits per heavy atom. The minimum atomic E-state index is -1.26. The number of carbonyl (C=O) groups is 2. The normalized spacial score (nSPS) is 13.8. The number of aliphatic hydroxyl groups excluding tert-OH is 1. The average Bonchev–Trinajstić information content (AvgIpc) is 3.27. The zero-order valence-corrected chi connectivity index (χ0v) is 20.8. The Morgan fingerprint density at radius 3 is 2.08 bits per heavy atom. The molecule has 0 aliphatic heterocycles. The molecule has 37 heavy (non-hydrogen) atoms. The number of aromatic nitrogens is 1. The van der Waals surface area contributed by atoms with E-state index in [-0.39, 0.29) is 11.3 Å². The highest BCUT2D eigenvalue weighted by Gasteiger charge is 2.24. The number of aryl methyl sites for hydroxylation is 2. The van der Waals surface area contributed by atoms with E-state index in [1.54, 1.807) is 12.1 Å². The average molecular weight is 509 g/mol. The Bertz CT molecular complexity index is 1330. The quantitative estimate of drug-likeness (QED) is 0.253. The Hall–Kier alpha value is -3.95. The highest BCUT2D eigenvalue weighted by atomic mass is 16.4. The van der Waals surface area contributed by atoms with Crippen molar-refractivity contribution in [1.82, 2.24) is 10.3 Å². The summed E-state index contributed by atoms with van der Waals surface area (Å²) in [7, 11) is 0. The third-order valence-electron chi connectivity index (χ3n) is 6.45. The molecule has 0 saturated heterocycles. The van der Waals surface area contributed by atoms with Crippen LogP contribution in [0.3, 0.4) is 0 Å². The number of phenols is 1. The maximum atomic E-state index is 11.6. The number of hydrogen-bond acceptors (Lipinski definition) is 6. The molecule has 0 radical (unpaired) electrons. The van der Waals surface area contributed by atoms with Crippen LogP contribution in [0.25, 0.3) is 10.9 Å². The van der Waals surface area contributed by atoms with Gasteiger partial charge in [-0.05, 0) is 65.6 Å². The van der Waals surface area contributed by atoms with Crippen molar-refractivity contribution in [3.63, 3.8) is 0 Å². The van der Waals surface area contributed by atoms with Crippen LogP contribution in [0.2, 0.25) is 0 Å². The number of phenolic OH excluding ortho intramolecular Hbond substituents is 1. The summed E-state index contributed by atoms with van der Waals surface area (Å²) in [5.74, 6) is -2.51. The van der Waals surface area contributed by atoms with Gasteiger partial charge in [0.25, 0.3) is 0 Å². The molecule has 9 heteroatoms. The van der Waals surface area contributed by atoms with Crippen LogP contribution in [0.1, 0.15) is 47.8 Å². The van der Waals surface area contributed by atoms with Gasteiger partial charge in [-0.2, -0.15) is 0 Å². The van der Waals surface area contributed by atoms with E-state index in [4.69, 9.17) is 10.2 Å². The molecule has 6 N–H and O–H groups in total. The van der Waals surface area contributed by atoms with Gasteiger partial charge in [0.05, 0.1) is 11.6 Å². The highest BCUT2D eigenvalue weighted by molar-refractivity contribution is 5.89. The second-order valence-corrected chi connectivity index (χ2v) is 8.92. The van der Waals surface area contributed by atoms with Gasteiger partial charge in [-0.15, -0.1) is 0 Å². The number of aliphatic hydroxyl groups is 1. The van der Waals surface area contributed by atoms with E-state index >= 15 is 0 Å². The number of aromatic amines is 1. The number of benzene rings is 2. The van der Waals surface area contributed by atoms with E-state index in [1.165, 1.54) is 34.4 Å². The molecule has 0 amide bonds. The molecule has 1 atom stereocenters. The van der Waals surface area contributed by atoms with Crippen molar-refractivity contribution in [2.75, 3.05) is 6.54 Å². The molecule has 1 aromatic heterocycles. The molecule has 0 saturated carbocycles. The van der Waals surface area contributed by atoms with Crippen molar-refractivity contribution in [2.24, 2.45) is 0 Å². The van der Waals surface area contributed by atoms with Gasteiger partial charge in [0.2, 0.25) is 5.56 Å². The molecule has 1 aliphatic rings. The van der Waals surface area contributed by atoms with Crippen molar-refractivity contribution < 1.29 is 30.0 Å². The van der Waals surface area contributed by atoms with Crippen molar-refractivity contribution >= 4 is 22.8 Å². The van der Waals surface area contributed by atoms with Crippen molar-refractivity contribution in [3.8, 4) is 5.75 Å². The van der Waals surface area contributed by atoms with E-state index in [0.717, 1.165) is 25.7 Å². The number of carboxylic acids is 2. The Morgan fingerprint density at radius 1 is 1.00 bits per heavy atom. The SMILES string of the molecule is CCc1cc2c(cc1CC)CC(NC[C@H](O)c1ccc(O)c3[nH]c(=O)ccc13)C2.O=C(O)/C=C\C(=O)O. The number of aromatic hydroxyl groups is 1. The van der Waals surface area contributed by atoms with Gasteiger partial charge in [-0.25, -0.2) is 9.59 Å². The fourth-order valence-corrected chi connectivity index (χ4v) is 4.66. The lowest BCUT2D eigenvalue weighted by molar-refractivity contribution is -0.134. The summed E-state index contributed by atoms with van der Waals surface area (Å²) in [4.78, 5) is 33.3. The molecule has 3 aromatic rings. The first-order valence-electron chi connectivity index (χ1n) is 12.2. The molecule has 0 bridgehead atoms. The van der Waals surface area contributed by atoms with Crippen molar-refractivity contribution in [1.29, 1.82) is 0 Å². The van der Waals surface area contributed by atoms with Gasteiger partial charge >= 0.3 is 11.9 Å². The summed E-state index contributed by atoms with van der Waals surface area (Å²) in [5.41, 5.74) is 6.49. The van der Waals surface area contributed by atoms with Gasteiger partial charge in [0, 0.05) is 36.2 Å². The van der Waals surface area contributed by atoms with Gasteiger partial charge in [0.1, 0.15) is 5.75 Å². The first-order chi connectivity index (χ1) is 17.6. The van der Waals surface area contributed by atoms with Crippen LogP contribution in [0.4, 0.5) is 0 Å². The molecule has 1 aliphatic carbocycles. The van der Waals surface area contributed by atoms with E-state index < -0.39 is 18.0 Å². The van der Waals surface area contributed by atoms with Crippen molar-refractivity contribution in [3.05, 3.63) is 86.7 Å². The summed E-state index contributed by atoms with van der Waals surface area (Å²) in [6.45, 7) is 4.83. The van der Waals surface area contributed by atoms with Gasteiger partial charge in [-0.1, -0.05) is 32.0 Å². The molecule has 9 nitrogen and oxygen atoms in total. The first kappa shape index (κ1) is 27.6. The number of carboxylic acid groups (broad SMARTS) is 2. The van der Waals surface area contributed by atoms with E-state index in [9.17, 15) is 24.6 Å². The van der Waals surface area contributed by atoms with Gasteiger partial charge in [0.15, 0.2) is 0 Å². The summed E-state index contributed by atoms with van der Waals surface area (Å²) in [5, 5.41) is 40.6. The summed E-state index contributed by atoms with van der Waals surface area (Å²) >= 11 is 0. The van der Waals surface area contributed by atoms with Crippen LogP contribution in [0.5, 0.6) is 5.75 Å². The molecule has 196 valence electrons. The Labute approximate surface area is 214 Å². The lowest BCUT2D eigenvalue weighted by Crippen LogP contribution is -2.33. The third kappa shape index (κ3) is 7.05. The fraction of sp³-hybridized carbons (Fsp3) is 0.321. The first-order valence-corrected chi connectivity index (χ1v) is 12.2. The predicted octanol–water partition coefficient (Wildman–Crippen LogP) is 2.86. The Balaban J connectivity index is 0.000000414. The van der Waals surface area contributed by atoms with Crippen LogP contribution < -0.4 is 10.9 Å². The zero-order chi connectivity index (χ0) is 27.1. The molecule has 0 fully saturated rings. The monoisotopic (exact) mass is 508 g/mol. The van der Waals surface area contributed by atoms with Crippen LogP contribution in [-0.2, 0) is 35.3 Å². The molecule has 2 aromatic carbocycles. The number of rotatable bonds is 8. The molecular formula is C28H32N2O7. The molecule has 0 spiro atoms. The predicted molar refractivity (Wildman–Crippen MR) is 140 cm³/mol. The second kappa shape index (κ2) is 12.3. The molecular weight excluding hydrogens is 476 g/mol. The maximum absolute atomic E-state index is 11.6. The zero-order valence-electron chi connectivity index (χ0n) is 20.8. The maximum Gasteiger partial charge on any atom is 0.328 e. The second-order valence-electron chi connectivity index (χ2n) is 8.92. The summed E-state index contributed by atoms with van der Waals surface area (Å²) in [6.07, 6.45) is 4.45. The number of H-pyrrole nitrogens is 1. The number of aliphatic carboxylic acids is 2. The minimum absolute atomic E-state index is 0.00584. The van der Waals surface area contributed by atoms with Crippen LogP contribution in [-0.4, -0.2) is 49.9 Å². The van der Waals surface area contributed by atoms with Gasteiger partial charge < -0.3 is 30.7 Å². The van der Waals surface area contributed by atoms with Crippen molar-refractivity contribution in [2.45, 2.75) is 51.7 Å². The fourth-order valence-electron chi connectivity index (χ4n) is 4.66. The standard InChI is InChI=1S/C24H28N2O3.C4H4O4/c1-3-14-9-16-11-18(12-17(16)10-15(14)4-2)25-13-22(28)19-5-7-21(27)24-20(19)6-8-23(29)26-24;5-3(6)1-2-4(7)8/h5-10,18,22,25,27-28H,3-4,11-13H2,1-2H3,(H,26,29);1-2H,(H,5,6)(H,7,8)/b;2-1-/t22-;/m0./s1. The number of pyridine rings is 1. The topological polar surface area (TPSA) is 160 Å². The number of nitrogens with one attached hydrogen (secondary N) is 2. The summed E-state index contributed by atoms with van der Waals surface area (Å²) in [6, 6.07) is 11.3. The van der Waals surface area contributed by atoms with Crippen LogP contribution in [0, 0.1) is 0 Å². The smallest absolute Gasteiger partial charge is 0.328 e. The van der Waals surface area contributed by atoms with Crippen LogP contribution >= 0.6 is 0 Å². The number of hydrogen-bond donors (Lipinski definition) is 6.